The van der Waals surface area contributed by atoms with Crippen molar-refractivity contribution in [3.05, 3.63) is 36.5 Å². The van der Waals surface area contributed by atoms with Crippen molar-refractivity contribution < 1.29 is 0 Å². The van der Waals surface area contributed by atoms with Crippen LogP contribution in [0.2, 0.25) is 0 Å². The summed E-state index contributed by atoms with van der Waals surface area (Å²) in [6.07, 6.45) is 1.84. The number of benzene rings is 1. The van der Waals surface area contributed by atoms with Crippen LogP contribution in [0, 0.1) is 0 Å². The normalized spacial score (nSPS) is 12.7. The number of hydrogen-bond acceptors (Lipinski definition) is 2. The lowest BCUT2D eigenvalue weighted by atomic mass is 10.1. The zero-order valence-corrected chi connectivity index (χ0v) is 10.3. The highest BCUT2D eigenvalue weighted by molar-refractivity contribution is 6.20. The van der Waals surface area contributed by atoms with Crippen LogP contribution in [-0.4, -0.2) is 24.0 Å². The van der Waals surface area contributed by atoms with E-state index in [4.69, 9.17) is 11.6 Å². The molecule has 0 N–H and O–H groups in total. The summed E-state index contributed by atoms with van der Waals surface area (Å²) in [5, 5.41) is 2.50. The zero-order chi connectivity index (χ0) is 11.5. The Morgan fingerprint density at radius 2 is 2.06 bits per heavy atom. The fraction of sp³-hybridized carbons (Fsp3) is 0.308. The van der Waals surface area contributed by atoms with E-state index in [1.54, 1.807) is 0 Å². The Balaban J connectivity index is 2.44. The first kappa shape index (κ1) is 11.2. The van der Waals surface area contributed by atoms with Crippen LogP contribution in [-0.2, 0) is 0 Å². The highest BCUT2D eigenvalue weighted by Crippen LogP contribution is 2.23. The third-order valence-corrected chi connectivity index (χ3v) is 2.68. The molecule has 0 saturated carbocycles. The summed E-state index contributed by atoms with van der Waals surface area (Å²) in [7, 11) is 2.02. The molecule has 2 rings (SSSR count). The first-order chi connectivity index (χ1) is 7.68. The minimum Gasteiger partial charge on any atom is -0.358 e. The third-order valence-electron chi connectivity index (χ3n) is 2.54. The lowest BCUT2D eigenvalue weighted by Crippen LogP contribution is -2.25. The minimum absolute atomic E-state index is 0.116. The van der Waals surface area contributed by atoms with Gasteiger partial charge >= 0.3 is 0 Å². The van der Waals surface area contributed by atoms with Gasteiger partial charge in [-0.2, -0.15) is 0 Å². The maximum atomic E-state index is 6.00. The Morgan fingerprint density at radius 3 is 2.81 bits per heavy atom. The van der Waals surface area contributed by atoms with Gasteiger partial charge in [0.15, 0.2) is 0 Å². The lowest BCUT2D eigenvalue weighted by molar-refractivity contribution is 0.849. The van der Waals surface area contributed by atoms with Crippen LogP contribution >= 0.6 is 11.6 Å². The van der Waals surface area contributed by atoms with Gasteiger partial charge in [-0.15, -0.1) is 11.6 Å². The summed E-state index contributed by atoms with van der Waals surface area (Å²) in [5.41, 5.74) is 0. The van der Waals surface area contributed by atoms with E-state index in [1.807, 2.05) is 38.4 Å². The Morgan fingerprint density at radius 1 is 1.31 bits per heavy atom. The number of aromatic nitrogens is 1. The maximum absolute atomic E-state index is 6.00. The van der Waals surface area contributed by atoms with E-state index in [0.717, 1.165) is 12.4 Å². The number of alkyl halides is 1. The lowest BCUT2D eigenvalue weighted by Gasteiger charge is -2.20. The summed E-state index contributed by atoms with van der Waals surface area (Å²) in [5.74, 6) is 0.991. The predicted molar refractivity (Wildman–Crippen MR) is 70.3 cm³/mol. The van der Waals surface area contributed by atoms with Gasteiger partial charge in [0.25, 0.3) is 0 Å². The van der Waals surface area contributed by atoms with Gasteiger partial charge in [0.2, 0.25) is 0 Å². The molecule has 1 heterocycles. The summed E-state index contributed by atoms with van der Waals surface area (Å²) in [6.45, 7) is 2.78. The van der Waals surface area contributed by atoms with Gasteiger partial charge in [0.1, 0.15) is 5.82 Å². The SMILES string of the molecule is CC(Cl)CN(C)c1nccc2ccccc12. The summed E-state index contributed by atoms with van der Waals surface area (Å²) < 4.78 is 0. The molecule has 1 aromatic heterocycles. The van der Waals surface area contributed by atoms with E-state index in [1.165, 1.54) is 10.8 Å². The minimum atomic E-state index is 0.116. The van der Waals surface area contributed by atoms with Crippen LogP contribution in [0.5, 0.6) is 0 Å². The zero-order valence-electron chi connectivity index (χ0n) is 9.52. The molecule has 0 amide bonds. The molecule has 1 atom stereocenters. The summed E-state index contributed by atoms with van der Waals surface area (Å²) in [4.78, 5) is 6.52. The molecule has 0 radical (unpaired) electrons. The van der Waals surface area contributed by atoms with Gasteiger partial charge in [-0.05, 0) is 18.4 Å². The quantitative estimate of drug-likeness (QED) is 0.758. The molecule has 3 heteroatoms. The monoisotopic (exact) mass is 234 g/mol. The van der Waals surface area contributed by atoms with E-state index in [0.29, 0.717) is 0 Å². The average molecular weight is 235 g/mol. The molecular formula is C13H15ClN2. The van der Waals surface area contributed by atoms with Crippen LogP contribution in [0.1, 0.15) is 6.92 Å². The van der Waals surface area contributed by atoms with Crippen molar-refractivity contribution in [1.82, 2.24) is 4.98 Å². The molecule has 0 spiro atoms. The Labute approximate surface area is 101 Å². The van der Waals surface area contributed by atoms with Crippen LogP contribution < -0.4 is 4.90 Å². The molecule has 0 aliphatic heterocycles. The number of hydrogen-bond donors (Lipinski definition) is 0. The second-order valence-corrected chi connectivity index (χ2v) is 4.76. The number of fused-ring (bicyclic) bond motifs is 1. The van der Waals surface area contributed by atoms with Gasteiger partial charge in [0.05, 0.1) is 0 Å². The Bertz CT molecular complexity index is 477. The molecule has 0 aliphatic rings. The highest BCUT2D eigenvalue weighted by Gasteiger charge is 2.08. The molecule has 2 nitrogen and oxygen atoms in total. The number of anilines is 1. The van der Waals surface area contributed by atoms with Gasteiger partial charge < -0.3 is 4.90 Å². The van der Waals surface area contributed by atoms with E-state index in [9.17, 15) is 0 Å². The summed E-state index contributed by atoms with van der Waals surface area (Å²) >= 11 is 6.00. The summed E-state index contributed by atoms with van der Waals surface area (Å²) in [6, 6.07) is 10.3. The number of rotatable bonds is 3. The molecule has 16 heavy (non-hydrogen) atoms. The first-order valence-corrected chi connectivity index (χ1v) is 5.81. The van der Waals surface area contributed by atoms with E-state index in [2.05, 4.69) is 22.0 Å². The van der Waals surface area contributed by atoms with Crippen LogP contribution in [0.4, 0.5) is 5.82 Å². The van der Waals surface area contributed by atoms with E-state index >= 15 is 0 Å². The maximum Gasteiger partial charge on any atom is 0.136 e. The molecule has 2 aromatic rings. The Hall–Kier alpha value is -1.28. The molecule has 1 unspecified atom stereocenters. The third kappa shape index (κ3) is 2.27. The highest BCUT2D eigenvalue weighted by atomic mass is 35.5. The molecule has 0 fully saturated rings. The van der Waals surface area contributed by atoms with Crippen LogP contribution in [0.15, 0.2) is 36.5 Å². The average Bonchev–Trinajstić information content (AvgIpc) is 2.27. The topological polar surface area (TPSA) is 16.1 Å². The second-order valence-electron chi connectivity index (χ2n) is 4.02. The number of nitrogens with zero attached hydrogens (tertiary/aromatic N) is 2. The number of halogens is 1. The molecule has 0 bridgehead atoms. The van der Waals surface area contributed by atoms with Gasteiger partial charge in [-0.25, -0.2) is 4.98 Å². The van der Waals surface area contributed by atoms with Crippen molar-refractivity contribution in [2.45, 2.75) is 12.3 Å². The van der Waals surface area contributed by atoms with Crippen molar-refractivity contribution in [2.24, 2.45) is 0 Å². The fourth-order valence-electron chi connectivity index (χ4n) is 1.87. The molecule has 0 saturated heterocycles. The van der Waals surface area contributed by atoms with Crippen molar-refractivity contribution in [2.75, 3.05) is 18.5 Å². The van der Waals surface area contributed by atoms with E-state index < -0.39 is 0 Å². The van der Waals surface area contributed by atoms with Crippen molar-refractivity contribution in [3.63, 3.8) is 0 Å². The van der Waals surface area contributed by atoms with Gasteiger partial charge in [-0.1, -0.05) is 24.3 Å². The smallest absolute Gasteiger partial charge is 0.136 e. The molecule has 84 valence electrons. The van der Waals surface area contributed by atoms with Crippen molar-refractivity contribution >= 4 is 28.2 Å². The Kier molecular flexibility index (Phi) is 3.30. The second kappa shape index (κ2) is 4.71. The van der Waals surface area contributed by atoms with Gasteiger partial charge in [0, 0.05) is 30.6 Å². The van der Waals surface area contributed by atoms with Gasteiger partial charge in [-0.3, -0.25) is 0 Å². The number of pyridine rings is 1. The molecule has 1 aromatic carbocycles. The van der Waals surface area contributed by atoms with Crippen LogP contribution in [0.3, 0.4) is 0 Å². The van der Waals surface area contributed by atoms with Crippen molar-refractivity contribution in [3.8, 4) is 0 Å². The molecule has 0 aliphatic carbocycles. The fourth-order valence-corrected chi connectivity index (χ4v) is 2.08. The van der Waals surface area contributed by atoms with Crippen molar-refractivity contribution in [1.29, 1.82) is 0 Å². The van der Waals surface area contributed by atoms with E-state index in [-0.39, 0.29) is 5.38 Å². The first-order valence-electron chi connectivity index (χ1n) is 5.37. The largest absolute Gasteiger partial charge is 0.358 e. The predicted octanol–water partition coefficient (Wildman–Crippen LogP) is 3.30. The van der Waals surface area contributed by atoms with Crippen LogP contribution in [0.25, 0.3) is 10.8 Å². The molecular weight excluding hydrogens is 220 g/mol. The standard InChI is InChI=1S/C13H15ClN2/c1-10(14)9-16(2)13-12-6-4-3-5-11(12)7-8-15-13/h3-8,10H,9H2,1-2H3.